The Morgan fingerprint density at radius 1 is 0.500 bits per heavy atom. The molecule has 0 aliphatic heterocycles. The van der Waals surface area contributed by atoms with Crippen LogP contribution in [0.1, 0.15) is 79.7 Å². The lowest BCUT2D eigenvalue weighted by Gasteiger charge is -2.38. The Kier molecular flexibility index (Phi) is 10.2. The first-order valence-corrected chi connectivity index (χ1v) is 24.2. The lowest BCUT2D eigenvalue weighted by Crippen LogP contribution is -2.36. The van der Waals surface area contributed by atoms with E-state index in [0.717, 1.165) is 0 Å². The van der Waals surface area contributed by atoms with Gasteiger partial charge in [-0.05, 0) is 139 Å². The fourth-order valence-electron chi connectivity index (χ4n) is 12.1. The smallest absolute Gasteiger partial charge is 0.0586 e. The third-order valence-corrected chi connectivity index (χ3v) is 15.4. The molecule has 12 rings (SSSR count). The van der Waals surface area contributed by atoms with Gasteiger partial charge in [-0.15, -0.1) is 0 Å². The summed E-state index contributed by atoms with van der Waals surface area (Å²) in [7, 11) is 0. The van der Waals surface area contributed by atoms with Crippen molar-refractivity contribution < 1.29 is 0 Å². The molecule has 0 radical (unpaired) electrons. The summed E-state index contributed by atoms with van der Waals surface area (Å²) in [6.07, 6.45) is 14.0. The van der Waals surface area contributed by atoms with E-state index in [1.807, 2.05) is 0 Å². The van der Waals surface area contributed by atoms with Crippen LogP contribution in [0.15, 0.2) is 218 Å². The number of hydrogen-bond donors (Lipinski definition) is 0. The largest absolute Gasteiger partial charge is 0.333 e. The molecule has 0 bridgehead atoms. The average Bonchev–Trinajstić information content (AvgIpc) is 3.66. The van der Waals surface area contributed by atoms with Crippen LogP contribution in [0.4, 0.5) is 11.4 Å². The van der Waals surface area contributed by atoms with Gasteiger partial charge in [0.1, 0.15) is 0 Å². The molecule has 0 heterocycles. The average molecular weight is 850 g/mol. The van der Waals surface area contributed by atoms with Gasteiger partial charge < -0.3 is 4.90 Å². The molecular weight excluding hydrogens is 795 g/mol. The van der Waals surface area contributed by atoms with Crippen LogP contribution in [0, 0.1) is 5.92 Å². The molecule has 320 valence electrons. The second-order valence-electron chi connectivity index (χ2n) is 19.2. The van der Waals surface area contributed by atoms with E-state index in [1.54, 1.807) is 0 Å². The molecule has 1 fully saturated rings. The highest BCUT2D eigenvalue weighted by molar-refractivity contribution is 6.03. The second-order valence-corrected chi connectivity index (χ2v) is 19.2. The van der Waals surface area contributed by atoms with Crippen LogP contribution >= 0.6 is 0 Å². The monoisotopic (exact) mass is 849 g/mol. The van der Waals surface area contributed by atoms with Gasteiger partial charge in [0.25, 0.3) is 0 Å². The molecule has 3 unspecified atom stereocenters. The minimum absolute atomic E-state index is 0.0628. The highest BCUT2D eigenvalue weighted by Gasteiger charge is 2.42. The van der Waals surface area contributed by atoms with Crippen LogP contribution in [-0.2, 0) is 5.41 Å². The summed E-state index contributed by atoms with van der Waals surface area (Å²) in [5, 5.41) is 5.27. The number of hydrogen-bond acceptors (Lipinski definition) is 1. The molecule has 0 spiro atoms. The Bertz CT molecular complexity index is 3320. The van der Waals surface area contributed by atoms with Crippen molar-refractivity contribution in [2.45, 2.75) is 63.3 Å². The fraction of sp³-hybridized carbons (Fsp3) is 0.169. The normalized spacial score (nSPS) is 19.1. The van der Waals surface area contributed by atoms with Crippen molar-refractivity contribution in [3.8, 4) is 33.4 Å². The van der Waals surface area contributed by atoms with E-state index in [0.29, 0.717) is 5.92 Å². The molecule has 3 atom stereocenters. The summed E-state index contributed by atoms with van der Waals surface area (Å²) >= 11 is 0. The van der Waals surface area contributed by atoms with Gasteiger partial charge in [-0.25, -0.2) is 0 Å². The topological polar surface area (TPSA) is 3.24 Å². The van der Waals surface area contributed by atoms with Crippen molar-refractivity contribution in [2.24, 2.45) is 5.92 Å². The van der Waals surface area contributed by atoms with Gasteiger partial charge in [0.2, 0.25) is 0 Å². The van der Waals surface area contributed by atoms with Gasteiger partial charge in [-0.2, -0.15) is 0 Å². The number of rotatable bonds is 8. The number of fused-ring (bicyclic) bond motifs is 5. The van der Waals surface area contributed by atoms with E-state index in [2.05, 4.69) is 237 Å². The zero-order valence-electron chi connectivity index (χ0n) is 38.0. The third kappa shape index (κ3) is 6.75. The molecule has 1 nitrogen and oxygen atoms in total. The van der Waals surface area contributed by atoms with E-state index in [-0.39, 0.29) is 17.4 Å². The van der Waals surface area contributed by atoms with E-state index in [9.17, 15) is 0 Å². The summed E-state index contributed by atoms with van der Waals surface area (Å²) in [6, 6.07) is 75.2. The number of anilines is 2. The Hall–Kier alpha value is -7.22. The summed E-state index contributed by atoms with van der Waals surface area (Å²) in [5.74, 6) is 0.785. The van der Waals surface area contributed by atoms with Crippen molar-refractivity contribution >= 4 is 38.5 Å². The van der Waals surface area contributed by atoms with Crippen LogP contribution in [0.25, 0.3) is 60.5 Å². The number of allylic oxidation sites excluding steroid dienone is 2. The maximum atomic E-state index is 2.63. The zero-order chi connectivity index (χ0) is 44.2. The summed E-state index contributed by atoms with van der Waals surface area (Å²) in [6.45, 7) is 4.83. The van der Waals surface area contributed by atoms with Crippen molar-refractivity contribution in [3.63, 3.8) is 0 Å². The van der Waals surface area contributed by atoms with Gasteiger partial charge >= 0.3 is 0 Å². The van der Waals surface area contributed by atoms with Crippen molar-refractivity contribution in [1.82, 2.24) is 0 Å². The summed E-state index contributed by atoms with van der Waals surface area (Å²) < 4.78 is 0. The molecule has 1 saturated carbocycles. The predicted octanol–water partition coefficient (Wildman–Crippen LogP) is 17.5. The van der Waals surface area contributed by atoms with E-state index >= 15 is 0 Å². The maximum Gasteiger partial charge on any atom is 0.0586 e. The Morgan fingerprint density at radius 3 is 1.95 bits per heavy atom. The standard InChI is InChI=1S/C65H55N/c1-44-42-51(55-29-17-32-60-64(55)58-27-11-13-31-59(58)65(60,2)52-24-7-4-8-25-52)38-41-61(44)66(53-39-36-46(37-40-53)50-35-34-45-18-9-10-21-49(45)43-50)62-33-14-12-26-56(62)57-30-16-23-48-22-15-28-54(63(48)57)47-19-5-3-6-20-47/h4,7-18,21-44,47,61H,3,5-6,19-20H2,1-2H3. The first-order valence-electron chi connectivity index (χ1n) is 24.2. The second kappa shape index (κ2) is 16.6. The Morgan fingerprint density at radius 2 is 1.14 bits per heavy atom. The molecule has 3 aliphatic carbocycles. The molecule has 1 heteroatoms. The van der Waals surface area contributed by atoms with Crippen LogP contribution in [-0.4, -0.2) is 6.04 Å². The summed E-state index contributed by atoms with van der Waals surface area (Å²) in [4.78, 5) is 2.63. The Balaban J connectivity index is 0.987. The van der Waals surface area contributed by atoms with Crippen molar-refractivity contribution in [3.05, 3.63) is 246 Å². The molecule has 0 saturated heterocycles. The highest BCUT2D eigenvalue weighted by atomic mass is 15.2. The lowest BCUT2D eigenvalue weighted by atomic mass is 9.74. The van der Waals surface area contributed by atoms with Crippen molar-refractivity contribution in [2.75, 3.05) is 4.90 Å². The SMILES string of the molecule is CC1C=C(c2cccc3c2-c2ccccc2C3(C)c2ccccc2)C=CC1N(c1ccc(-c2ccc3ccccc3c2)cc1)c1ccccc1-c1cccc2cccc(C3CCCCC3)c12. The van der Waals surface area contributed by atoms with Crippen LogP contribution in [0.2, 0.25) is 0 Å². The Labute approximate surface area is 390 Å². The molecule has 0 amide bonds. The van der Waals surface area contributed by atoms with E-state index in [4.69, 9.17) is 0 Å². The number of para-hydroxylation sites is 1. The van der Waals surface area contributed by atoms with Crippen LogP contribution < -0.4 is 4.90 Å². The van der Waals surface area contributed by atoms with Gasteiger partial charge in [0.15, 0.2) is 0 Å². The number of nitrogens with zero attached hydrogens (tertiary/aromatic N) is 1. The quantitative estimate of drug-likeness (QED) is 0.147. The minimum atomic E-state index is -0.242. The molecule has 0 aromatic heterocycles. The molecule has 9 aromatic rings. The van der Waals surface area contributed by atoms with Crippen molar-refractivity contribution in [1.29, 1.82) is 0 Å². The van der Waals surface area contributed by atoms with Gasteiger partial charge in [0, 0.05) is 22.4 Å². The minimum Gasteiger partial charge on any atom is -0.333 e. The van der Waals surface area contributed by atoms with Gasteiger partial charge in [-0.1, -0.05) is 220 Å². The fourth-order valence-corrected chi connectivity index (χ4v) is 12.1. The highest BCUT2D eigenvalue weighted by Crippen LogP contribution is 2.55. The predicted molar refractivity (Wildman–Crippen MR) is 281 cm³/mol. The lowest BCUT2D eigenvalue weighted by molar-refractivity contribution is 0.445. The molecule has 9 aromatic carbocycles. The van der Waals surface area contributed by atoms with Gasteiger partial charge in [0.05, 0.1) is 6.04 Å². The summed E-state index contributed by atoms with van der Waals surface area (Å²) in [5.41, 5.74) is 18.1. The van der Waals surface area contributed by atoms with Crippen LogP contribution in [0.5, 0.6) is 0 Å². The molecule has 0 N–H and O–H groups in total. The number of benzene rings is 9. The molecule has 3 aliphatic rings. The molecular formula is C65H55N. The van der Waals surface area contributed by atoms with Gasteiger partial charge in [-0.3, -0.25) is 0 Å². The first-order chi connectivity index (χ1) is 32.5. The molecule has 66 heavy (non-hydrogen) atoms. The van der Waals surface area contributed by atoms with Crippen LogP contribution in [0.3, 0.4) is 0 Å². The van der Waals surface area contributed by atoms with E-state index < -0.39 is 0 Å². The first kappa shape index (κ1) is 40.3. The zero-order valence-corrected chi connectivity index (χ0v) is 38.0. The van der Waals surface area contributed by atoms with E-state index in [1.165, 1.54) is 132 Å². The third-order valence-electron chi connectivity index (χ3n) is 15.4. The maximum absolute atomic E-state index is 2.63.